The van der Waals surface area contributed by atoms with Gasteiger partial charge in [-0.25, -0.2) is 0 Å². The third kappa shape index (κ3) is 30.7. The minimum absolute atomic E-state index is 0.375. The molecule has 1 fully saturated rings. The van der Waals surface area contributed by atoms with Gasteiger partial charge in [-0.3, -0.25) is 0 Å². The number of nitrogens with one attached hydrogen (secondary N) is 2. The van der Waals surface area contributed by atoms with Crippen molar-refractivity contribution in [1.29, 1.82) is 0 Å². The first kappa shape index (κ1) is 38.5. The van der Waals surface area contributed by atoms with Gasteiger partial charge in [0.15, 0.2) is 0 Å². The lowest BCUT2D eigenvalue weighted by molar-refractivity contribution is -0.0324. The van der Waals surface area contributed by atoms with Gasteiger partial charge in [-0.05, 0) is 33.0 Å². The average molecular weight is 599 g/mol. The van der Waals surface area contributed by atoms with Crippen molar-refractivity contribution in [2.45, 2.75) is 18.9 Å². The number of rotatable bonds is 34. The largest absolute Gasteiger partial charge is 0.378 e. The van der Waals surface area contributed by atoms with E-state index >= 15 is 0 Å². The number of piperidine rings is 1. The molecule has 13 heteroatoms. The molecular formula is C28H58N2O11. The van der Waals surface area contributed by atoms with E-state index in [1.165, 1.54) is 0 Å². The molecule has 0 aromatic heterocycles. The molecule has 0 aromatic rings. The summed E-state index contributed by atoms with van der Waals surface area (Å²) in [4.78, 5) is 0. The Morgan fingerprint density at radius 2 is 0.683 bits per heavy atom. The maximum atomic E-state index is 5.79. The Morgan fingerprint density at radius 1 is 0.415 bits per heavy atom. The predicted molar refractivity (Wildman–Crippen MR) is 154 cm³/mol. The van der Waals surface area contributed by atoms with Gasteiger partial charge in [0.25, 0.3) is 0 Å². The normalized spacial score (nSPS) is 14.3. The third-order valence-corrected chi connectivity index (χ3v) is 5.71. The number of likely N-dealkylation sites (N-methyl/N-ethyl adjacent to an activating group) is 1. The van der Waals surface area contributed by atoms with Crippen molar-refractivity contribution in [2.75, 3.05) is 165 Å². The fraction of sp³-hybridized carbons (Fsp3) is 1.00. The highest BCUT2D eigenvalue weighted by molar-refractivity contribution is 4.67. The van der Waals surface area contributed by atoms with E-state index in [1.807, 2.05) is 7.05 Å². The molecule has 2 N–H and O–H groups in total. The smallest absolute Gasteiger partial charge is 0.0704 e. The number of hydrogen-bond donors (Lipinski definition) is 2. The van der Waals surface area contributed by atoms with Crippen molar-refractivity contribution in [3.05, 3.63) is 0 Å². The molecule has 246 valence electrons. The van der Waals surface area contributed by atoms with Crippen LogP contribution in [0.2, 0.25) is 0 Å². The molecule has 1 saturated heterocycles. The summed E-state index contributed by atoms with van der Waals surface area (Å²) in [6.45, 7) is 14.6. The highest BCUT2D eigenvalue weighted by atomic mass is 16.6. The Balaban J connectivity index is 1.60. The third-order valence-electron chi connectivity index (χ3n) is 5.71. The fourth-order valence-electron chi connectivity index (χ4n) is 3.49. The highest BCUT2D eigenvalue weighted by Crippen LogP contribution is 2.06. The molecule has 1 aliphatic rings. The Morgan fingerprint density at radius 3 is 0.976 bits per heavy atom. The molecular weight excluding hydrogens is 540 g/mol. The molecule has 1 aliphatic heterocycles. The first-order valence-electron chi connectivity index (χ1n) is 15.2. The fourth-order valence-corrected chi connectivity index (χ4v) is 3.49. The van der Waals surface area contributed by atoms with Gasteiger partial charge in [0, 0.05) is 6.54 Å². The predicted octanol–water partition coefficient (Wildman–Crippen LogP) is 0.140. The van der Waals surface area contributed by atoms with Crippen LogP contribution >= 0.6 is 0 Å². The monoisotopic (exact) mass is 598 g/mol. The van der Waals surface area contributed by atoms with Crippen LogP contribution in [0, 0.1) is 0 Å². The van der Waals surface area contributed by atoms with Crippen molar-refractivity contribution >= 4 is 0 Å². The topological polar surface area (TPSA) is 126 Å². The molecule has 0 amide bonds. The second kappa shape index (κ2) is 34.0. The summed E-state index contributed by atoms with van der Waals surface area (Å²) in [5.41, 5.74) is 0. The van der Waals surface area contributed by atoms with Gasteiger partial charge in [-0.2, -0.15) is 0 Å². The molecule has 41 heavy (non-hydrogen) atoms. The molecule has 0 aromatic carbocycles. The number of ether oxygens (including phenoxy) is 11. The summed E-state index contributed by atoms with van der Waals surface area (Å²) in [6, 6.07) is 0. The minimum atomic E-state index is 0.375. The van der Waals surface area contributed by atoms with Crippen LogP contribution in [0.15, 0.2) is 0 Å². The van der Waals surface area contributed by atoms with E-state index in [0.29, 0.717) is 145 Å². The lowest BCUT2D eigenvalue weighted by Gasteiger charge is -2.22. The molecule has 0 saturated carbocycles. The van der Waals surface area contributed by atoms with Gasteiger partial charge in [0.1, 0.15) is 0 Å². The van der Waals surface area contributed by atoms with E-state index < -0.39 is 0 Å². The molecule has 1 rings (SSSR count). The van der Waals surface area contributed by atoms with Crippen LogP contribution < -0.4 is 10.6 Å². The van der Waals surface area contributed by atoms with Gasteiger partial charge in [-0.1, -0.05) is 0 Å². The summed E-state index contributed by atoms with van der Waals surface area (Å²) in [5, 5.41) is 6.35. The van der Waals surface area contributed by atoms with Crippen LogP contribution in [-0.2, 0) is 52.1 Å². The standard InChI is InChI=1S/C28H58N2O11/c1-29-6-7-31-8-9-32-10-11-33-12-13-34-14-15-35-16-17-36-18-19-37-20-21-38-22-23-39-24-25-40-26-27-41-28-2-4-30-5-3-28/h28-30H,2-27H2,1H3. The van der Waals surface area contributed by atoms with Crippen LogP contribution in [-0.4, -0.2) is 172 Å². The second-order valence-electron chi connectivity index (χ2n) is 9.05. The maximum Gasteiger partial charge on any atom is 0.0704 e. The molecule has 1 heterocycles. The lowest BCUT2D eigenvalue weighted by Crippen LogP contribution is -2.33. The van der Waals surface area contributed by atoms with Crippen LogP contribution in [0.4, 0.5) is 0 Å². The summed E-state index contributed by atoms with van der Waals surface area (Å²) < 4.78 is 60.4. The molecule has 13 nitrogen and oxygen atoms in total. The summed E-state index contributed by atoms with van der Waals surface area (Å²) >= 11 is 0. The molecule has 0 aliphatic carbocycles. The summed E-state index contributed by atoms with van der Waals surface area (Å²) in [6.07, 6.45) is 2.54. The van der Waals surface area contributed by atoms with Crippen LogP contribution in [0.5, 0.6) is 0 Å². The van der Waals surface area contributed by atoms with Crippen LogP contribution in [0.1, 0.15) is 12.8 Å². The van der Waals surface area contributed by atoms with Crippen LogP contribution in [0.25, 0.3) is 0 Å². The molecule has 0 spiro atoms. The van der Waals surface area contributed by atoms with Crippen molar-refractivity contribution in [2.24, 2.45) is 0 Å². The van der Waals surface area contributed by atoms with E-state index in [-0.39, 0.29) is 0 Å². The zero-order chi connectivity index (χ0) is 29.2. The average Bonchev–Trinajstić information content (AvgIpc) is 3.00. The van der Waals surface area contributed by atoms with Gasteiger partial charge in [0.05, 0.1) is 145 Å². The first-order valence-corrected chi connectivity index (χ1v) is 15.2. The zero-order valence-corrected chi connectivity index (χ0v) is 25.5. The van der Waals surface area contributed by atoms with Crippen LogP contribution in [0.3, 0.4) is 0 Å². The highest BCUT2D eigenvalue weighted by Gasteiger charge is 2.12. The van der Waals surface area contributed by atoms with Crippen molar-refractivity contribution in [3.63, 3.8) is 0 Å². The summed E-state index contributed by atoms with van der Waals surface area (Å²) in [7, 11) is 1.90. The van der Waals surface area contributed by atoms with Gasteiger partial charge in [0.2, 0.25) is 0 Å². The van der Waals surface area contributed by atoms with E-state index in [1.54, 1.807) is 0 Å². The van der Waals surface area contributed by atoms with E-state index in [0.717, 1.165) is 32.5 Å². The Kier molecular flexibility index (Phi) is 31.9. The first-order chi connectivity index (χ1) is 20.4. The van der Waals surface area contributed by atoms with Crippen molar-refractivity contribution < 1.29 is 52.1 Å². The molecule has 0 atom stereocenters. The Labute approximate surface area is 247 Å². The lowest BCUT2D eigenvalue weighted by atomic mass is 10.1. The number of hydrogen-bond acceptors (Lipinski definition) is 13. The maximum absolute atomic E-state index is 5.79. The molecule has 0 radical (unpaired) electrons. The Hall–Kier alpha value is -0.520. The van der Waals surface area contributed by atoms with E-state index in [2.05, 4.69) is 10.6 Å². The summed E-state index contributed by atoms with van der Waals surface area (Å²) in [5.74, 6) is 0. The minimum Gasteiger partial charge on any atom is -0.378 e. The quantitative estimate of drug-likeness (QED) is 0.0977. The SMILES string of the molecule is CNCCOCCOCCOCCOCCOCCOCCOCCOCCOCCOCCOC1CCNCC1. The van der Waals surface area contributed by atoms with Gasteiger partial charge in [-0.15, -0.1) is 0 Å². The molecule has 0 bridgehead atoms. The Bertz CT molecular complexity index is 492. The van der Waals surface area contributed by atoms with Gasteiger partial charge < -0.3 is 62.7 Å². The van der Waals surface area contributed by atoms with Crippen molar-refractivity contribution in [1.82, 2.24) is 10.6 Å². The zero-order valence-electron chi connectivity index (χ0n) is 25.5. The van der Waals surface area contributed by atoms with Gasteiger partial charge >= 0.3 is 0 Å². The van der Waals surface area contributed by atoms with E-state index in [9.17, 15) is 0 Å². The second-order valence-corrected chi connectivity index (χ2v) is 9.05. The van der Waals surface area contributed by atoms with E-state index in [4.69, 9.17) is 52.1 Å². The van der Waals surface area contributed by atoms with Crippen molar-refractivity contribution in [3.8, 4) is 0 Å². The molecule has 0 unspecified atom stereocenters.